The van der Waals surface area contributed by atoms with E-state index in [9.17, 15) is 4.79 Å². The zero-order chi connectivity index (χ0) is 10.7. The average molecular weight is 207 g/mol. The Kier molecular flexibility index (Phi) is 2.87. The van der Waals surface area contributed by atoms with Crippen LogP contribution in [0.25, 0.3) is 0 Å². The number of benzene rings is 1. The molecule has 1 aromatic rings. The third kappa shape index (κ3) is 1.94. The first-order chi connectivity index (χ1) is 7.35. The Morgan fingerprint density at radius 2 is 2.07 bits per heavy atom. The highest BCUT2D eigenvalue weighted by Gasteiger charge is 2.15. The number of hydrogen-bond donors (Lipinski definition) is 1. The summed E-state index contributed by atoms with van der Waals surface area (Å²) >= 11 is 0. The van der Waals surface area contributed by atoms with Crippen molar-refractivity contribution in [1.82, 2.24) is 5.32 Å². The molecule has 15 heavy (non-hydrogen) atoms. The Morgan fingerprint density at radius 1 is 1.33 bits per heavy atom. The van der Waals surface area contributed by atoms with Crippen molar-refractivity contribution < 1.29 is 14.3 Å². The summed E-state index contributed by atoms with van der Waals surface area (Å²) in [5.41, 5.74) is 0.886. The second-order valence-electron chi connectivity index (χ2n) is 3.31. The lowest BCUT2D eigenvalue weighted by molar-refractivity contribution is -0.109. The van der Waals surface area contributed by atoms with Crippen LogP contribution in [0, 0.1) is 0 Å². The van der Waals surface area contributed by atoms with Crippen LogP contribution in [0.15, 0.2) is 18.2 Å². The van der Waals surface area contributed by atoms with E-state index >= 15 is 0 Å². The summed E-state index contributed by atoms with van der Waals surface area (Å²) in [5.74, 6) is 1.45. The highest BCUT2D eigenvalue weighted by molar-refractivity contribution is 5.62. The summed E-state index contributed by atoms with van der Waals surface area (Å²) in [4.78, 5) is 10.8. The highest BCUT2D eigenvalue weighted by atomic mass is 16.6. The van der Waals surface area contributed by atoms with Crippen LogP contribution >= 0.6 is 0 Å². The van der Waals surface area contributed by atoms with Gasteiger partial charge in [-0.05, 0) is 24.7 Å². The first kappa shape index (κ1) is 9.98. The van der Waals surface area contributed by atoms with Crippen LogP contribution in [0.1, 0.15) is 11.6 Å². The predicted octanol–water partition coefficient (Wildman–Crippen LogP) is 0.917. The number of rotatable bonds is 3. The molecule has 4 heteroatoms. The SMILES string of the molecule is CNC(C=O)c1ccc2c(c1)OCCO2. The minimum atomic E-state index is -0.291. The monoisotopic (exact) mass is 207 g/mol. The molecule has 1 N–H and O–H groups in total. The Balaban J connectivity index is 2.30. The van der Waals surface area contributed by atoms with Crippen molar-refractivity contribution >= 4 is 6.29 Å². The fourth-order valence-corrected chi connectivity index (χ4v) is 1.57. The average Bonchev–Trinajstić information content (AvgIpc) is 2.30. The predicted molar refractivity (Wildman–Crippen MR) is 55.3 cm³/mol. The molecule has 0 fully saturated rings. The fourth-order valence-electron chi connectivity index (χ4n) is 1.57. The van der Waals surface area contributed by atoms with Gasteiger partial charge in [-0.25, -0.2) is 0 Å². The normalized spacial score (nSPS) is 15.8. The van der Waals surface area contributed by atoms with E-state index in [1.165, 1.54) is 0 Å². The van der Waals surface area contributed by atoms with Gasteiger partial charge in [0, 0.05) is 0 Å². The molecule has 0 aromatic heterocycles. The smallest absolute Gasteiger partial charge is 0.161 e. The Bertz CT molecular complexity index is 365. The first-order valence-electron chi connectivity index (χ1n) is 4.87. The first-order valence-corrected chi connectivity index (χ1v) is 4.87. The van der Waals surface area contributed by atoms with Crippen LogP contribution in [-0.2, 0) is 4.79 Å². The molecule has 1 atom stereocenters. The molecule has 0 saturated heterocycles. The molecule has 4 nitrogen and oxygen atoms in total. The molecule has 0 spiro atoms. The molecular weight excluding hydrogens is 194 g/mol. The number of fused-ring (bicyclic) bond motifs is 1. The lowest BCUT2D eigenvalue weighted by Gasteiger charge is -2.20. The highest BCUT2D eigenvalue weighted by Crippen LogP contribution is 2.32. The van der Waals surface area contributed by atoms with Crippen molar-refractivity contribution in [3.05, 3.63) is 23.8 Å². The van der Waals surface area contributed by atoms with Crippen LogP contribution in [0.3, 0.4) is 0 Å². The number of ether oxygens (including phenoxy) is 2. The summed E-state index contributed by atoms with van der Waals surface area (Å²) < 4.78 is 10.8. The van der Waals surface area contributed by atoms with E-state index in [4.69, 9.17) is 9.47 Å². The van der Waals surface area contributed by atoms with Crippen molar-refractivity contribution in [2.75, 3.05) is 20.3 Å². The van der Waals surface area contributed by atoms with Crippen LogP contribution < -0.4 is 14.8 Å². The van der Waals surface area contributed by atoms with Crippen molar-refractivity contribution in [3.63, 3.8) is 0 Å². The molecule has 1 heterocycles. The van der Waals surface area contributed by atoms with Crippen molar-refractivity contribution in [2.45, 2.75) is 6.04 Å². The van der Waals surface area contributed by atoms with E-state index < -0.39 is 0 Å². The van der Waals surface area contributed by atoms with E-state index in [1.807, 2.05) is 18.2 Å². The van der Waals surface area contributed by atoms with Crippen molar-refractivity contribution in [3.8, 4) is 11.5 Å². The van der Waals surface area contributed by atoms with Gasteiger partial charge >= 0.3 is 0 Å². The van der Waals surface area contributed by atoms with Crippen LogP contribution in [0.5, 0.6) is 11.5 Å². The maximum atomic E-state index is 10.8. The molecule has 80 valence electrons. The molecule has 0 aliphatic carbocycles. The molecular formula is C11H13NO3. The van der Waals surface area contributed by atoms with Gasteiger partial charge in [-0.1, -0.05) is 6.07 Å². The summed E-state index contributed by atoms with van der Waals surface area (Å²) in [6.45, 7) is 1.14. The molecule has 0 saturated carbocycles. The van der Waals surface area contributed by atoms with E-state index in [0.717, 1.165) is 17.6 Å². The van der Waals surface area contributed by atoms with Gasteiger partial charge in [0.2, 0.25) is 0 Å². The standard InChI is InChI=1S/C11H13NO3/c1-12-9(7-13)8-2-3-10-11(6-8)15-5-4-14-10/h2-3,6-7,9,12H,4-5H2,1H3. The Morgan fingerprint density at radius 3 is 2.73 bits per heavy atom. The third-order valence-electron chi connectivity index (χ3n) is 2.37. The molecule has 1 aromatic carbocycles. The number of carbonyl (C=O) groups is 1. The summed E-state index contributed by atoms with van der Waals surface area (Å²) in [7, 11) is 1.75. The van der Waals surface area contributed by atoms with Gasteiger partial charge in [-0.3, -0.25) is 0 Å². The van der Waals surface area contributed by atoms with Crippen LogP contribution in [-0.4, -0.2) is 26.5 Å². The van der Waals surface area contributed by atoms with E-state index in [0.29, 0.717) is 19.0 Å². The number of hydrogen-bond acceptors (Lipinski definition) is 4. The minimum Gasteiger partial charge on any atom is -0.486 e. The van der Waals surface area contributed by atoms with Gasteiger partial charge < -0.3 is 19.6 Å². The zero-order valence-corrected chi connectivity index (χ0v) is 8.53. The van der Waals surface area contributed by atoms with Crippen molar-refractivity contribution in [2.24, 2.45) is 0 Å². The number of aldehydes is 1. The molecule has 0 bridgehead atoms. The van der Waals surface area contributed by atoms with Crippen LogP contribution in [0.2, 0.25) is 0 Å². The number of carbonyl (C=O) groups excluding carboxylic acids is 1. The van der Waals surface area contributed by atoms with Gasteiger partial charge in [0.1, 0.15) is 19.5 Å². The molecule has 0 radical (unpaired) electrons. The van der Waals surface area contributed by atoms with E-state index in [-0.39, 0.29) is 6.04 Å². The van der Waals surface area contributed by atoms with Crippen LogP contribution in [0.4, 0.5) is 0 Å². The quantitative estimate of drug-likeness (QED) is 0.749. The lowest BCUT2D eigenvalue weighted by atomic mass is 10.1. The van der Waals surface area contributed by atoms with Gasteiger partial charge in [-0.15, -0.1) is 0 Å². The molecule has 1 aliphatic rings. The molecule has 0 amide bonds. The number of likely N-dealkylation sites (N-methyl/N-ethyl adjacent to an activating group) is 1. The maximum Gasteiger partial charge on any atom is 0.161 e. The lowest BCUT2D eigenvalue weighted by Crippen LogP contribution is -2.19. The Labute approximate surface area is 88.2 Å². The van der Waals surface area contributed by atoms with Crippen molar-refractivity contribution in [1.29, 1.82) is 0 Å². The Hall–Kier alpha value is -1.55. The second-order valence-corrected chi connectivity index (χ2v) is 3.31. The van der Waals surface area contributed by atoms with Gasteiger partial charge in [-0.2, -0.15) is 0 Å². The number of nitrogens with one attached hydrogen (secondary N) is 1. The molecule has 1 aliphatic heterocycles. The maximum absolute atomic E-state index is 10.8. The summed E-state index contributed by atoms with van der Waals surface area (Å²) in [6, 6.07) is 5.24. The van der Waals surface area contributed by atoms with Gasteiger partial charge in [0.15, 0.2) is 11.5 Å². The van der Waals surface area contributed by atoms with Gasteiger partial charge in [0.05, 0.1) is 6.04 Å². The molecule has 1 unspecified atom stereocenters. The molecule has 2 rings (SSSR count). The van der Waals surface area contributed by atoms with Gasteiger partial charge in [0.25, 0.3) is 0 Å². The van der Waals surface area contributed by atoms with E-state index in [2.05, 4.69) is 5.32 Å². The van der Waals surface area contributed by atoms with E-state index in [1.54, 1.807) is 7.05 Å². The largest absolute Gasteiger partial charge is 0.486 e. The fraction of sp³-hybridized carbons (Fsp3) is 0.364. The topological polar surface area (TPSA) is 47.6 Å². The zero-order valence-electron chi connectivity index (χ0n) is 8.53. The summed E-state index contributed by atoms with van der Waals surface area (Å²) in [5, 5.41) is 2.91. The minimum absolute atomic E-state index is 0.291. The summed E-state index contributed by atoms with van der Waals surface area (Å²) in [6.07, 6.45) is 0.866. The second kappa shape index (κ2) is 4.31. The third-order valence-corrected chi connectivity index (χ3v) is 2.37.